The summed E-state index contributed by atoms with van der Waals surface area (Å²) in [5.74, 6) is -0.224. The van der Waals surface area contributed by atoms with Crippen molar-refractivity contribution in [2.24, 2.45) is 17.6 Å². The van der Waals surface area contributed by atoms with Crippen molar-refractivity contribution in [3.8, 4) is 0 Å². The van der Waals surface area contributed by atoms with Gasteiger partial charge in [0, 0.05) is 42.6 Å². The predicted molar refractivity (Wildman–Crippen MR) is 102 cm³/mol. The summed E-state index contributed by atoms with van der Waals surface area (Å²) >= 11 is 3.42. The molecular weight excluding hydrogens is 398 g/mol. The highest BCUT2D eigenvalue weighted by Gasteiger charge is 2.38. The molecule has 3 rings (SSSR count). The van der Waals surface area contributed by atoms with Crippen molar-refractivity contribution < 1.29 is 14.4 Å². The van der Waals surface area contributed by atoms with Crippen molar-refractivity contribution in [2.45, 2.75) is 32.1 Å². The summed E-state index contributed by atoms with van der Waals surface area (Å²) < 4.78 is 0.908. The van der Waals surface area contributed by atoms with E-state index in [1.165, 1.54) is 0 Å². The third-order valence-electron chi connectivity index (χ3n) is 5.22. The van der Waals surface area contributed by atoms with Gasteiger partial charge in [-0.1, -0.05) is 22.0 Å². The molecule has 2 aliphatic heterocycles. The molecule has 2 heterocycles. The lowest BCUT2D eigenvalue weighted by molar-refractivity contribution is -0.137. The summed E-state index contributed by atoms with van der Waals surface area (Å²) in [4.78, 5) is 39.9. The number of hydrogen-bond acceptors (Lipinski definition) is 3. The molecule has 7 heteroatoms. The van der Waals surface area contributed by atoms with Crippen LogP contribution in [0.1, 0.15) is 32.1 Å². The highest BCUT2D eigenvalue weighted by atomic mass is 79.9. The van der Waals surface area contributed by atoms with E-state index in [1.54, 1.807) is 4.90 Å². The van der Waals surface area contributed by atoms with E-state index in [4.69, 9.17) is 5.73 Å². The lowest BCUT2D eigenvalue weighted by Gasteiger charge is -2.34. The van der Waals surface area contributed by atoms with Crippen molar-refractivity contribution in [3.05, 3.63) is 28.7 Å². The van der Waals surface area contributed by atoms with Gasteiger partial charge in [0.15, 0.2) is 0 Å². The van der Waals surface area contributed by atoms with Crippen LogP contribution >= 0.6 is 15.9 Å². The molecule has 2 saturated heterocycles. The number of nitrogens with two attached hydrogens (primary N) is 1. The van der Waals surface area contributed by atoms with E-state index in [9.17, 15) is 14.4 Å². The Morgan fingerprint density at radius 1 is 1.27 bits per heavy atom. The van der Waals surface area contributed by atoms with Gasteiger partial charge < -0.3 is 15.5 Å². The number of anilines is 1. The second-order valence-corrected chi connectivity index (χ2v) is 8.10. The molecule has 2 aliphatic rings. The Morgan fingerprint density at radius 2 is 2.08 bits per heavy atom. The fourth-order valence-corrected chi connectivity index (χ4v) is 4.26. The average Bonchev–Trinajstić information content (AvgIpc) is 3.01. The van der Waals surface area contributed by atoms with Crippen LogP contribution in [0.15, 0.2) is 28.7 Å². The van der Waals surface area contributed by atoms with Crippen LogP contribution < -0.4 is 10.6 Å². The first-order valence-corrected chi connectivity index (χ1v) is 9.86. The number of benzene rings is 1. The summed E-state index contributed by atoms with van der Waals surface area (Å²) in [6, 6.07) is 7.57. The molecule has 2 N–H and O–H groups in total. The van der Waals surface area contributed by atoms with Gasteiger partial charge >= 0.3 is 0 Å². The topological polar surface area (TPSA) is 83.7 Å². The number of carbonyl (C=O) groups excluding carboxylic acids is 3. The summed E-state index contributed by atoms with van der Waals surface area (Å²) in [5, 5.41) is 0. The first kappa shape index (κ1) is 18.9. The SMILES string of the molecule is NC(=O)CCC1CCCN(C(=O)C2CC(=O)N(c3cccc(Br)c3)C2)C1. The van der Waals surface area contributed by atoms with Crippen LogP contribution in [0.2, 0.25) is 0 Å². The molecule has 3 amide bonds. The summed E-state index contributed by atoms with van der Waals surface area (Å²) in [6.07, 6.45) is 3.31. The normalized spacial score (nSPS) is 23.3. The summed E-state index contributed by atoms with van der Waals surface area (Å²) in [5.41, 5.74) is 6.05. The maximum absolute atomic E-state index is 12.9. The van der Waals surface area contributed by atoms with Crippen molar-refractivity contribution in [1.29, 1.82) is 0 Å². The van der Waals surface area contributed by atoms with E-state index < -0.39 is 0 Å². The molecule has 2 fully saturated rings. The van der Waals surface area contributed by atoms with E-state index in [2.05, 4.69) is 15.9 Å². The number of carbonyl (C=O) groups is 3. The monoisotopic (exact) mass is 421 g/mol. The number of hydrogen-bond donors (Lipinski definition) is 1. The van der Waals surface area contributed by atoms with Gasteiger partial charge in [0.25, 0.3) is 0 Å². The van der Waals surface area contributed by atoms with Crippen molar-refractivity contribution in [1.82, 2.24) is 4.90 Å². The summed E-state index contributed by atoms with van der Waals surface area (Å²) in [6.45, 7) is 1.82. The van der Waals surface area contributed by atoms with Crippen LogP contribution in [0.25, 0.3) is 0 Å². The zero-order valence-corrected chi connectivity index (χ0v) is 16.3. The van der Waals surface area contributed by atoms with E-state index in [1.807, 2.05) is 29.2 Å². The van der Waals surface area contributed by atoms with Gasteiger partial charge in [-0.25, -0.2) is 0 Å². The van der Waals surface area contributed by atoms with Crippen molar-refractivity contribution in [3.63, 3.8) is 0 Å². The molecule has 0 aromatic heterocycles. The first-order valence-electron chi connectivity index (χ1n) is 9.07. The third kappa shape index (κ3) is 4.44. The van der Waals surface area contributed by atoms with Crippen LogP contribution in [0, 0.1) is 11.8 Å². The fourth-order valence-electron chi connectivity index (χ4n) is 3.87. The van der Waals surface area contributed by atoms with E-state index in [0.29, 0.717) is 25.4 Å². The van der Waals surface area contributed by atoms with Gasteiger partial charge in [0.05, 0.1) is 5.92 Å². The van der Waals surface area contributed by atoms with Crippen molar-refractivity contribution >= 4 is 39.3 Å². The molecule has 0 spiro atoms. The van der Waals surface area contributed by atoms with Gasteiger partial charge in [-0.15, -0.1) is 0 Å². The molecular formula is C19H24BrN3O3. The molecule has 0 bridgehead atoms. The number of amides is 3. The lowest BCUT2D eigenvalue weighted by atomic mass is 9.92. The molecule has 0 aliphatic carbocycles. The Bertz CT molecular complexity index is 709. The maximum Gasteiger partial charge on any atom is 0.228 e. The minimum Gasteiger partial charge on any atom is -0.370 e. The molecule has 2 unspecified atom stereocenters. The summed E-state index contributed by atoms with van der Waals surface area (Å²) in [7, 11) is 0. The quantitative estimate of drug-likeness (QED) is 0.791. The second kappa shape index (κ2) is 8.20. The molecule has 0 saturated carbocycles. The Morgan fingerprint density at radius 3 is 2.81 bits per heavy atom. The van der Waals surface area contributed by atoms with Gasteiger partial charge in [0.1, 0.15) is 0 Å². The molecule has 2 atom stereocenters. The second-order valence-electron chi connectivity index (χ2n) is 7.18. The van der Waals surface area contributed by atoms with Crippen molar-refractivity contribution in [2.75, 3.05) is 24.5 Å². The molecule has 6 nitrogen and oxygen atoms in total. The number of nitrogens with zero attached hydrogens (tertiary/aromatic N) is 2. The number of primary amides is 1. The van der Waals surface area contributed by atoms with E-state index in [0.717, 1.165) is 36.0 Å². The highest BCUT2D eigenvalue weighted by molar-refractivity contribution is 9.10. The smallest absolute Gasteiger partial charge is 0.228 e. The maximum atomic E-state index is 12.9. The van der Waals surface area contributed by atoms with E-state index >= 15 is 0 Å². The number of halogens is 1. The van der Waals surface area contributed by atoms with Gasteiger partial charge in [-0.05, 0) is 43.4 Å². The molecule has 1 aromatic rings. The zero-order valence-electron chi connectivity index (χ0n) is 14.7. The first-order chi connectivity index (χ1) is 12.4. The van der Waals surface area contributed by atoms with Crippen LogP contribution in [0.4, 0.5) is 5.69 Å². The minimum atomic E-state index is -0.295. The van der Waals surface area contributed by atoms with Gasteiger partial charge in [0.2, 0.25) is 17.7 Å². The molecule has 0 radical (unpaired) electrons. The zero-order chi connectivity index (χ0) is 18.7. The van der Waals surface area contributed by atoms with Crippen LogP contribution in [0.3, 0.4) is 0 Å². The van der Waals surface area contributed by atoms with Crippen LogP contribution in [0.5, 0.6) is 0 Å². The Hall–Kier alpha value is -1.89. The van der Waals surface area contributed by atoms with Crippen LogP contribution in [-0.2, 0) is 14.4 Å². The lowest BCUT2D eigenvalue weighted by Crippen LogP contribution is -2.43. The predicted octanol–water partition coefficient (Wildman–Crippen LogP) is 2.31. The highest BCUT2D eigenvalue weighted by Crippen LogP contribution is 2.30. The Labute approximate surface area is 161 Å². The van der Waals surface area contributed by atoms with Gasteiger partial charge in [-0.2, -0.15) is 0 Å². The standard InChI is InChI=1S/C19H24BrN3O3/c20-15-4-1-5-16(10-15)23-12-14(9-18(23)25)19(26)22-8-2-3-13(11-22)6-7-17(21)24/h1,4-5,10,13-14H,2-3,6-9,11-12H2,(H2,21,24). The largest absolute Gasteiger partial charge is 0.370 e. The fraction of sp³-hybridized carbons (Fsp3) is 0.526. The third-order valence-corrected chi connectivity index (χ3v) is 5.72. The van der Waals surface area contributed by atoms with E-state index in [-0.39, 0.29) is 30.1 Å². The molecule has 140 valence electrons. The molecule has 26 heavy (non-hydrogen) atoms. The Kier molecular flexibility index (Phi) is 5.96. The van der Waals surface area contributed by atoms with Gasteiger partial charge in [-0.3, -0.25) is 14.4 Å². The number of rotatable bonds is 5. The molecule has 1 aromatic carbocycles. The number of likely N-dealkylation sites (tertiary alicyclic amines) is 1. The van der Waals surface area contributed by atoms with Crippen LogP contribution in [-0.4, -0.2) is 42.3 Å². The minimum absolute atomic E-state index is 0.0104. The average molecular weight is 422 g/mol. The Balaban J connectivity index is 1.61. The number of piperidine rings is 1.